The van der Waals surface area contributed by atoms with Crippen molar-refractivity contribution >= 4 is 28.8 Å². The topological polar surface area (TPSA) is 103 Å². The van der Waals surface area contributed by atoms with Gasteiger partial charge in [-0.3, -0.25) is 19.3 Å². The van der Waals surface area contributed by atoms with Crippen LogP contribution in [0.25, 0.3) is 11.0 Å². The quantitative estimate of drug-likeness (QED) is 0.203. The van der Waals surface area contributed by atoms with E-state index in [1.54, 1.807) is 50.5 Å². The van der Waals surface area contributed by atoms with Crippen molar-refractivity contribution in [1.82, 2.24) is 14.4 Å². The smallest absolute Gasteiger partial charge is 0.278 e. The van der Waals surface area contributed by atoms with Gasteiger partial charge < -0.3 is 14.8 Å². The lowest BCUT2D eigenvalue weighted by atomic mass is 10.1. The first kappa shape index (κ1) is 24.9. The molecule has 4 aromatic rings. The number of aromatic nitrogens is 3. The molecule has 0 saturated carbocycles. The lowest BCUT2D eigenvalue weighted by Crippen LogP contribution is -2.43. The van der Waals surface area contributed by atoms with Crippen LogP contribution in [-0.4, -0.2) is 52.8 Å². The van der Waals surface area contributed by atoms with Crippen LogP contribution in [0.5, 0.6) is 5.75 Å². The second-order valence-corrected chi connectivity index (χ2v) is 9.29. The van der Waals surface area contributed by atoms with Crippen molar-refractivity contribution in [2.24, 2.45) is 0 Å². The largest absolute Gasteiger partial charge is 0.619 e. The Morgan fingerprint density at radius 3 is 2.37 bits per heavy atom. The van der Waals surface area contributed by atoms with E-state index in [1.807, 2.05) is 34.3 Å². The fourth-order valence-electron chi connectivity index (χ4n) is 4.74. The number of carbonyl (C=O) groups is 3. The number of carbonyl (C=O) groups excluding carboxylic acids is 3. The number of ether oxygens (including phenoxy) is 1. The van der Waals surface area contributed by atoms with Crippen molar-refractivity contribution < 1.29 is 28.4 Å². The minimum atomic E-state index is -0.339. The summed E-state index contributed by atoms with van der Waals surface area (Å²) >= 11 is 0. The van der Waals surface area contributed by atoms with Gasteiger partial charge in [0.05, 0.1) is 23.2 Å². The van der Waals surface area contributed by atoms with Gasteiger partial charge in [0, 0.05) is 26.2 Å². The van der Waals surface area contributed by atoms with Crippen molar-refractivity contribution in [3.63, 3.8) is 0 Å². The molecule has 194 valence electrons. The summed E-state index contributed by atoms with van der Waals surface area (Å²) in [4.78, 5) is 41.1. The number of hydrogen-bond acceptors (Lipinski definition) is 5. The zero-order valence-corrected chi connectivity index (χ0v) is 21.5. The zero-order chi connectivity index (χ0) is 27.0. The van der Waals surface area contributed by atoms with E-state index in [0.29, 0.717) is 30.0 Å². The van der Waals surface area contributed by atoms with Crippen LogP contribution < -0.4 is 14.0 Å². The number of aryl methyl sites for hydroxylation is 1. The second-order valence-electron chi connectivity index (χ2n) is 9.29. The number of nitrogens with zero attached hydrogens (tertiary/aromatic N) is 5. The van der Waals surface area contributed by atoms with Crippen molar-refractivity contribution in [3.8, 4) is 5.75 Å². The first-order chi connectivity index (χ1) is 18.3. The van der Waals surface area contributed by atoms with Crippen LogP contribution in [0.2, 0.25) is 0 Å². The maximum absolute atomic E-state index is 13.2. The fourth-order valence-corrected chi connectivity index (χ4v) is 4.74. The Hall–Kier alpha value is -4.73. The van der Waals surface area contributed by atoms with Crippen LogP contribution in [0.15, 0.2) is 67.0 Å². The maximum atomic E-state index is 13.2. The molecular weight excluding hydrogens is 486 g/mol. The summed E-state index contributed by atoms with van der Waals surface area (Å²) in [6.07, 6.45) is 2.92. The molecule has 1 aliphatic rings. The lowest BCUT2D eigenvalue weighted by Gasteiger charge is -2.13. The minimum absolute atomic E-state index is 0.0500. The maximum Gasteiger partial charge on any atom is 0.278 e. The van der Waals surface area contributed by atoms with Crippen LogP contribution in [0.4, 0.5) is 0 Å². The van der Waals surface area contributed by atoms with Crippen LogP contribution in [-0.2, 0) is 24.4 Å². The monoisotopic (exact) mass is 514 g/mol. The first-order valence-corrected chi connectivity index (χ1v) is 12.3. The normalized spacial score (nSPS) is 12.8. The average Bonchev–Trinajstić information content (AvgIpc) is 3.33. The summed E-state index contributed by atoms with van der Waals surface area (Å²) in [7, 11) is 3.33. The molecule has 2 aromatic heterocycles. The predicted molar refractivity (Wildman–Crippen MR) is 137 cm³/mol. The van der Waals surface area contributed by atoms with Crippen LogP contribution in [0, 0.1) is 5.21 Å². The minimum Gasteiger partial charge on any atom is -0.619 e. The Bertz CT molecular complexity index is 1540. The SMILES string of the molecule is CCn1c(CN2C(=O)c3ccccc3C2=O)[n+](Cc2ccc[n+]([O-])c2)c2ccc(OCC(=O)N(C)C)cc21. The van der Waals surface area contributed by atoms with E-state index < -0.39 is 0 Å². The van der Waals surface area contributed by atoms with Gasteiger partial charge in [0.25, 0.3) is 23.5 Å². The number of hydrogen-bond donors (Lipinski definition) is 0. The molecule has 0 aliphatic carbocycles. The molecule has 0 radical (unpaired) electrons. The molecule has 0 fully saturated rings. The molecule has 3 amide bonds. The molecule has 10 nitrogen and oxygen atoms in total. The van der Waals surface area contributed by atoms with Crippen LogP contribution >= 0.6 is 0 Å². The van der Waals surface area contributed by atoms with Gasteiger partial charge in [-0.1, -0.05) is 12.1 Å². The Morgan fingerprint density at radius 2 is 1.74 bits per heavy atom. The van der Waals surface area contributed by atoms with Gasteiger partial charge in [0.1, 0.15) is 18.8 Å². The third-order valence-electron chi connectivity index (χ3n) is 6.68. The number of likely N-dealkylation sites (N-methyl/N-ethyl adjacent to an activating group) is 1. The van der Waals surface area contributed by atoms with E-state index in [0.717, 1.165) is 27.2 Å². The average molecular weight is 515 g/mol. The van der Waals surface area contributed by atoms with Crippen molar-refractivity contribution in [1.29, 1.82) is 0 Å². The molecule has 0 N–H and O–H groups in total. The van der Waals surface area contributed by atoms with Gasteiger partial charge >= 0.3 is 0 Å². The Kier molecular flexibility index (Phi) is 6.54. The number of rotatable bonds is 8. The number of imide groups is 1. The molecule has 1 aliphatic heterocycles. The van der Waals surface area contributed by atoms with Gasteiger partial charge in [0.15, 0.2) is 30.0 Å². The molecule has 2 aromatic carbocycles. The summed E-state index contributed by atoms with van der Waals surface area (Å²) in [5.41, 5.74) is 3.20. The molecule has 0 unspecified atom stereocenters. The van der Waals surface area contributed by atoms with E-state index in [2.05, 4.69) is 0 Å². The highest BCUT2D eigenvalue weighted by molar-refractivity contribution is 6.21. The van der Waals surface area contributed by atoms with E-state index >= 15 is 0 Å². The van der Waals surface area contributed by atoms with E-state index in [-0.39, 0.29) is 30.9 Å². The number of benzene rings is 2. The fraction of sp³-hybridized carbons (Fsp3) is 0.250. The summed E-state index contributed by atoms with van der Waals surface area (Å²) in [5.74, 6) is 0.408. The summed E-state index contributed by atoms with van der Waals surface area (Å²) in [6.45, 7) is 2.84. The molecule has 0 bridgehead atoms. The van der Waals surface area contributed by atoms with Gasteiger partial charge in [-0.15, -0.1) is 0 Å². The molecule has 10 heteroatoms. The Labute approximate surface area is 219 Å². The summed E-state index contributed by atoms with van der Waals surface area (Å²) in [6, 6.07) is 15.9. The third kappa shape index (κ3) is 4.45. The molecule has 3 heterocycles. The van der Waals surface area contributed by atoms with Crippen molar-refractivity contribution in [2.75, 3.05) is 20.7 Å². The number of amides is 3. The zero-order valence-electron chi connectivity index (χ0n) is 21.5. The highest BCUT2D eigenvalue weighted by atomic mass is 16.5. The van der Waals surface area contributed by atoms with Gasteiger partial charge in [0.2, 0.25) is 0 Å². The molecule has 0 atom stereocenters. The third-order valence-corrected chi connectivity index (χ3v) is 6.68. The molecular formula is C28H28N5O5+. The van der Waals surface area contributed by atoms with Gasteiger partial charge in [-0.2, -0.15) is 4.73 Å². The summed E-state index contributed by atoms with van der Waals surface area (Å²) in [5, 5.41) is 12.0. The van der Waals surface area contributed by atoms with Gasteiger partial charge in [-0.25, -0.2) is 9.13 Å². The lowest BCUT2D eigenvalue weighted by molar-refractivity contribution is -0.674. The van der Waals surface area contributed by atoms with Crippen LogP contribution in [0.3, 0.4) is 0 Å². The van der Waals surface area contributed by atoms with E-state index in [4.69, 9.17) is 4.74 Å². The van der Waals surface area contributed by atoms with Crippen LogP contribution in [0.1, 0.15) is 39.0 Å². The second kappa shape index (κ2) is 9.97. The summed E-state index contributed by atoms with van der Waals surface area (Å²) < 4.78 is 10.5. The molecule has 0 saturated heterocycles. The molecule has 5 rings (SSSR count). The van der Waals surface area contributed by atoms with E-state index in [9.17, 15) is 19.6 Å². The van der Waals surface area contributed by atoms with Crippen molar-refractivity contribution in [3.05, 3.63) is 94.7 Å². The highest BCUT2D eigenvalue weighted by Crippen LogP contribution is 2.27. The number of pyridine rings is 1. The number of fused-ring (bicyclic) bond motifs is 2. The molecule has 38 heavy (non-hydrogen) atoms. The first-order valence-electron chi connectivity index (χ1n) is 12.3. The van der Waals surface area contributed by atoms with Gasteiger partial charge in [-0.05, 0) is 37.3 Å². The Balaban J connectivity index is 1.59. The van der Waals surface area contributed by atoms with E-state index in [1.165, 1.54) is 22.2 Å². The predicted octanol–water partition coefficient (Wildman–Crippen LogP) is 1.89. The highest BCUT2D eigenvalue weighted by Gasteiger charge is 2.38. The standard InChI is InChI=1S/C28H28N5O5/c1-4-31-24-14-20(38-18-26(34)29(2)3)11-12-23(24)32(16-19-8-7-13-30(37)15-19)25(31)17-33-27(35)21-9-5-6-10-22(21)28(33)36/h5-15H,4,16-18H2,1-3H3/q+1. The Morgan fingerprint density at radius 1 is 1.03 bits per heavy atom. The van der Waals surface area contributed by atoms with Crippen molar-refractivity contribution in [2.45, 2.75) is 26.6 Å². The number of imidazole rings is 1. The molecule has 0 spiro atoms.